The van der Waals surface area contributed by atoms with E-state index in [-0.39, 0.29) is 0 Å². The van der Waals surface area contributed by atoms with Gasteiger partial charge in [-0.15, -0.1) is 0 Å². The van der Waals surface area contributed by atoms with Crippen molar-refractivity contribution in [3.05, 3.63) is 24.3 Å². The second-order valence-electron chi connectivity index (χ2n) is 3.30. The first-order valence-electron chi connectivity index (χ1n) is 4.89. The van der Waals surface area contributed by atoms with Crippen molar-refractivity contribution in [1.29, 1.82) is 0 Å². The lowest BCUT2D eigenvalue weighted by atomic mass is 9.81. The molecular weight excluding hydrogens is 180 g/mol. The molecule has 0 bridgehead atoms. The molecule has 0 radical (unpaired) electrons. The van der Waals surface area contributed by atoms with Crippen molar-refractivity contribution < 1.29 is 14.6 Å². The van der Waals surface area contributed by atoms with Gasteiger partial charge in [0.1, 0.15) is 11.5 Å². The van der Waals surface area contributed by atoms with E-state index in [9.17, 15) is 4.79 Å². The molecule has 0 aliphatic heterocycles. The monoisotopic (exact) mass is 196 g/mol. The van der Waals surface area contributed by atoms with Crippen molar-refractivity contribution in [3.8, 4) is 0 Å². The van der Waals surface area contributed by atoms with E-state index >= 15 is 0 Å². The Kier molecular flexibility index (Phi) is 3.47. The van der Waals surface area contributed by atoms with Gasteiger partial charge in [0.15, 0.2) is 0 Å². The Morgan fingerprint density at radius 1 is 1.50 bits per heavy atom. The summed E-state index contributed by atoms with van der Waals surface area (Å²) in [5, 5.41) is 9.07. The lowest BCUT2D eigenvalue weighted by molar-refractivity contribution is -0.149. The van der Waals surface area contributed by atoms with Crippen LogP contribution in [0.25, 0.3) is 0 Å². The van der Waals surface area contributed by atoms with E-state index in [1.807, 2.05) is 26.0 Å². The maximum absolute atomic E-state index is 11.0. The molecule has 0 aromatic heterocycles. The summed E-state index contributed by atoms with van der Waals surface area (Å²) in [5.74, 6) is -1.40. The molecule has 1 rings (SSSR count). The summed E-state index contributed by atoms with van der Waals surface area (Å²) in [6.07, 6.45) is 7.79. The van der Waals surface area contributed by atoms with Crippen LogP contribution in [0, 0.1) is 5.92 Å². The molecule has 0 aromatic carbocycles. The van der Waals surface area contributed by atoms with Crippen molar-refractivity contribution >= 4 is 5.97 Å². The third-order valence-corrected chi connectivity index (χ3v) is 2.55. The highest BCUT2D eigenvalue weighted by atomic mass is 16.5. The van der Waals surface area contributed by atoms with E-state index in [1.54, 1.807) is 12.2 Å². The van der Waals surface area contributed by atoms with Crippen LogP contribution in [0.3, 0.4) is 0 Å². The molecule has 2 unspecified atom stereocenters. The second-order valence-corrected chi connectivity index (χ2v) is 3.30. The summed E-state index contributed by atoms with van der Waals surface area (Å²) >= 11 is 0. The van der Waals surface area contributed by atoms with Crippen LogP contribution >= 0.6 is 0 Å². The maximum Gasteiger partial charge on any atom is 0.313 e. The Hall–Kier alpha value is -1.09. The van der Waals surface area contributed by atoms with Gasteiger partial charge in [-0.3, -0.25) is 4.79 Å². The van der Waals surface area contributed by atoms with E-state index in [0.717, 1.165) is 0 Å². The minimum absolute atomic E-state index is 0.524. The van der Waals surface area contributed by atoms with E-state index in [1.165, 1.54) is 0 Å². The lowest BCUT2D eigenvalue weighted by Gasteiger charge is -2.35. The summed E-state index contributed by atoms with van der Waals surface area (Å²) < 4.78 is 5.57. The van der Waals surface area contributed by atoms with Crippen molar-refractivity contribution in [2.75, 3.05) is 6.61 Å². The van der Waals surface area contributed by atoms with Gasteiger partial charge in [0, 0.05) is 6.61 Å². The van der Waals surface area contributed by atoms with Crippen LogP contribution in [0.5, 0.6) is 0 Å². The fourth-order valence-corrected chi connectivity index (χ4v) is 1.80. The molecule has 0 heterocycles. The molecule has 0 fully saturated rings. The Morgan fingerprint density at radius 3 is 2.71 bits per heavy atom. The first-order chi connectivity index (χ1) is 6.66. The van der Waals surface area contributed by atoms with E-state index < -0.39 is 17.5 Å². The highest BCUT2D eigenvalue weighted by Crippen LogP contribution is 2.32. The number of ether oxygens (including phenoxy) is 1. The molecule has 1 aliphatic rings. The first-order valence-corrected chi connectivity index (χ1v) is 4.89. The largest absolute Gasteiger partial charge is 0.481 e. The molecule has 1 N–H and O–H groups in total. The fraction of sp³-hybridized carbons (Fsp3) is 0.545. The number of allylic oxidation sites excluding steroid dienone is 2. The van der Waals surface area contributed by atoms with Crippen LogP contribution in [0.4, 0.5) is 0 Å². The van der Waals surface area contributed by atoms with Crippen molar-refractivity contribution in [2.24, 2.45) is 5.92 Å². The number of hydrogen-bond acceptors (Lipinski definition) is 2. The van der Waals surface area contributed by atoms with Crippen molar-refractivity contribution in [2.45, 2.75) is 25.9 Å². The van der Waals surface area contributed by atoms with Crippen LogP contribution < -0.4 is 0 Å². The lowest BCUT2D eigenvalue weighted by Crippen LogP contribution is -2.42. The van der Waals surface area contributed by atoms with Gasteiger partial charge in [0.25, 0.3) is 0 Å². The molecule has 0 saturated heterocycles. The summed E-state index contributed by atoms with van der Waals surface area (Å²) in [7, 11) is 0. The molecular formula is C11H16O3. The van der Waals surface area contributed by atoms with Crippen LogP contribution in [-0.4, -0.2) is 23.3 Å². The van der Waals surface area contributed by atoms with Gasteiger partial charge in [-0.25, -0.2) is 0 Å². The van der Waals surface area contributed by atoms with Gasteiger partial charge in [-0.2, -0.15) is 0 Å². The van der Waals surface area contributed by atoms with E-state index in [2.05, 4.69) is 0 Å². The van der Waals surface area contributed by atoms with Gasteiger partial charge >= 0.3 is 5.97 Å². The summed E-state index contributed by atoms with van der Waals surface area (Å²) in [6.45, 7) is 4.34. The highest BCUT2D eigenvalue weighted by molar-refractivity contribution is 5.75. The van der Waals surface area contributed by atoms with Crippen LogP contribution in [0.15, 0.2) is 24.3 Å². The summed E-state index contributed by atoms with van der Waals surface area (Å²) in [6, 6.07) is 0. The Balaban J connectivity index is 2.95. The third kappa shape index (κ3) is 1.87. The number of carboxylic acid groups (broad SMARTS) is 1. The third-order valence-electron chi connectivity index (χ3n) is 2.55. The molecule has 0 saturated carbocycles. The first kappa shape index (κ1) is 11.0. The predicted molar refractivity (Wildman–Crippen MR) is 54.1 cm³/mol. The number of hydrogen-bond donors (Lipinski definition) is 1. The zero-order valence-corrected chi connectivity index (χ0v) is 8.56. The molecule has 3 nitrogen and oxygen atoms in total. The van der Waals surface area contributed by atoms with Crippen LogP contribution in [0.1, 0.15) is 20.3 Å². The molecule has 0 spiro atoms. The number of aliphatic carboxylic acids is 1. The summed E-state index contributed by atoms with van der Waals surface area (Å²) in [5.41, 5.74) is -0.657. The average molecular weight is 196 g/mol. The van der Waals surface area contributed by atoms with Crippen molar-refractivity contribution in [3.63, 3.8) is 0 Å². The zero-order chi connectivity index (χ0) is 10.6. The smallest absolute Gasteiger partial charge is 0.313 e. The summed E-state index contributed by atoms with van der Waals surface area (Å²) in [4.78, 5) is 11.0. The Bertz CT molecular complexity index is 268. The minimum Gasteiger partial charge on any atom is -0.481 e. The second kappa shape index (κ2) is 4.42. The van der Waals surface area contributed by atoms with Crippen LogP contribution in [0.2, 0.25) is 0 Å². The molecule has 0 amide bonds. The van der Waals surface area contributed by atoms with Gasteiger partial charge < -0.3 is 9.84 Å². The molecule has 14 heavy (non-hydrogen) atoms. The molecule has 1 aliphatic carbocycles. The number of carbonyl (C=O) groups is 1. The molecule has 2 atom stereocenters. The number of carboxylic acids is 1. The van der Waals surface area contributed by atoms with Gasteiger partial charge in [0.05, 0.1) is 0 Å². The van der Waals surface area contributed by atoms with Gasteiger partial charge in [-0.1, -0.05) is 31.2 Å². The topological polar surface area (TPSA) is 46.5 Å². The van der Waals surface area contributed by atoms with E-state index in [0.29, 0.717) is 13.0 Å². The Labute approximate surface area is 84.1 Å². The average Bonchev–Trinajstić information content (AvgIpc) is 2.18. The Morgan fingerprint density at radius 2 is 2.21 bits per heavy atom. The molecule has 3 heteroatoms. The molecule has 0 aromatic rings. The number of rotatable bonds is 4. The quantitative estimate of drug-likeness (QED) is 0.748. The zero-order valence-electron chi connectivity index (χ0n) is 8.56. The molecule has 78 valence electrons. The normalized spacial score (nSPS) is 30.6. The standard InChI is InChI=1S/C11H16O3/c1-3-11(14-4-2)8-6-5-7-9(11)10(12)13/h5-9H,3-4H2,1-2H3,(H,12,13). The van der Waals surface area contributed by atoms with E-state index in [4.69, 9.17) is 9.84 Å². The SMILES string of the molecule is CCOC1(CC)C=CC=CC1C(=O)O. The fourth-order valence-electron chi connectivity index (χ4n) is 1.80. The highest BCUT2D eigenvalue weighted by Gasteiger charge is 2.40. The van der Waals surface area contributed by atoms with Gasteiger partial charge in [0.2, 0.25) is 0 Å². The van der Waals surface area contributed by atoms with Crippen LogP contribution in [-0.2, 0) is 9.53 Å². The van der Waals surface area contributed by atoms with Crippen molar-refractivity contribution in [1.82, 2.24) is 0 Å². The maximum atomic E-state index is 11.0. The minimum atomic E-state index is -0.832. The van der Waals surface area contributed by atoms with Gasteiger partial charge in [-0.05, 0) is 13.3 Å². The predicted octanol–water partition coefficient (Wildman–Crippen LogP) is 2.00.